The largest absolute Gasteiger partial charge is 0.493 e. The van der Waals surface area contributed by atoms with E-state index in [2.05, 4.69) is 15.1 Å². The van der Waals surface area contributed by atoms with Crippen LogP contribution in [0.1, 0.15) is 0 Å². The molecule has 0 saturated heterocycles. The van der Waals surface area contributed by atoms with Crippen LogP contribution >= 0.6 is 0 Å². The molecule has 1 aromatic carbocycles. The molecule has 0 radical (unpaired) electrons. The van der Waals surface area contributed by atoms with E-state index in [1.807, 2.05) is 6.07 Å². The van der Waals surface area contributed by atoms with Crippen molar-refractivity contribution >= 4 is 11.0 Å². The topological polar surface area (TPSA) is 91.3 Å². The van der Waals surface area contributed by atoms with Crippen LogP contribution in [0.15, 0.2) is 62.5 Å². The molecule has 0 aliphatic carbocycles. The third kappa shape index (κ3) is 2.32. The molecule has 0 amide bonds. The zero-order valence-electron chi connectivity index (χ0n) is 12.6. The van der Waals surface area contributed by atoms with Crippen LogP contribution in [0.4, 0.5) is 0 Å². The van der Waals surface area contributed by atoms with Crippen LogP contribution in [-0.4, -0.2) is 22.2 Å². The molecule has 118 valence electrons. The first-order chi connectivity index (χ1) is 11.8. The molecule has 0 aliphatic rings. The van der Waals surface area contributed by atoms with Crippen molar-refractivity contribution in [1.82, 2.24) is 15.1 Å². The summed E-state index contributed by atoms with van der Waals surface area (Å²) in [6, 6.07) is 10.5. The number of hydrogen-bond donors (Lipinski definition) is 0. The van der Waals surface area contributed by atoms with Gasteiger partial charge in [-0.25, -0.2) is 4.79 Å². The van der Waals surface area contributed by atoms with Gasteiger partial charge in [-0.2, -0.15) is 4.98 Å². The molecule has 0 aliphatic heterocycles. The highest BCUT2D eigenvalue weighted by atomic mass is 16.5. The van der Waals surface area contributed by atoms with E-state index >= 15 is 0 Å². The number of hydrogen-bond acceptors (Lipinski definition) is 7. The first kappa shape index (κ1) is 14.1. The highest BCUT2D eigenvalue weighted by Crippen LogP contribution is 2.27. The molecule has 0 N–H and O–H groups in total. The fourth-order valence-electron chi connectivity index (χ4n) is 2.38. The highest BCUT2D eigenvalue weighted by molar-refractivity contribution is 5.85. The molecule has 0 atom stereocenters. The smallest absolute Gasteiger partial charge is 0.349 e. The molecule has 0 bridgehead atoms. The Morgan fingerprint density at radius 3 is 2.75 bits per heavy atom. The second kappa shape index (κ2) is 5.62. The molecule has 4 aromatic rings. The average Bonchev–Trinajstić information content (AvgIpc) is 3.11. The van der Waals surface area contributed by atoms with Gasteiger partial charge in [-0.3, -0.25) is 4.98 Å². The number of aromatic nitrogens is 3. The van der Waals surface area contributed by atoms with Crippen molar-refractivity contribution < 1.29 is 13.7 Å². The standard InChI is InChI=1S/C17H11N3O4/c1-22-13-4-2-3-11-9-12(17(21)23-14(11)13)16-19-15(20-24-16)10-5-7-18-8-6-10/h2-9H,1H3. The summed E-state index contributed by atoms with van der Waals surface area (Å²) >= 11 is 0. The molecule has 0 spiro atoms. The number of para-hydroxylation sites is 1. The number of benzene rings is 1. The first-order valence-electron chi connectivity index (χ1n) is 7.11. The van der Waals surface area contributed by atoms with Crippen LogP contribution in [-0.2, 0) is 0 Å². The number of pyridine rings is 1. The lowest BCUT2D eigenvalue weighted by molar-refractivity contribution is 0.405. The third-order valence-electron chi connectivity index (χ3n) is 3.54. The van der Waals surface area contributed by atoms with E-state index in [4.69, 9.17) is 13.7 Å². The molecule has 3 aromatic heterocycles. The van der Waals surface area contributed by atoms with Crippen molar-refractivity contribution in [1.29, 1.82) is 0 Å². The zero-order valence-corrected chi connectivity index (χ0v) is 12.6. The normalized spacial score (nSPS) is 10.9. The van der Waals surface area contributed by atoms with Gasteiger partial charge in [0.25, 0.3) is 5.89 Å². The van der Waals surface area contributed by atoms with Gasteiger partial charge in [0.15, 0.2) is 11.3 Å². The minimum absolute atomic E-state index is 0.0975. The molecular weight excluding hydrogens is 310 g/mol. The monoisotopic (exact) mass is 321 g/mol. The lowest BCUT2D eigenvalue weighted by Crippen LogP contribution is -2.03. The maximum absolute atomic E-state index is 12.3. The van der Waals surface area contributed by atoms with Gasteiger partial charge in [0.2, 0.25) is 5.82 Å². The summed E-state index contributed by atoms with van der Waals surface area (Å²) < 4.78 is 15.8. The third-order valence-corrected chi connectivity index (χ3v) is 3.54. The fraction of sp³-hybridized carbons (Fsp3) is 0.0588. The Morgan fingerprint density at radius 1 is 1.12 bits per heavy atom. The van der Waals surface area contributed by atoms with Crippen molar-refractivity contribution in [2.75, 3.05) is 7.11 Å². The van der Waals surface area contributed by atoms with Crippen molar-refractivity contribution in [2.24, 2.45) is 0 Å². The Kier molecular flexibility index (Phi) is 3.31. The SMILES string of the molecule is COc1cccc2cc(-c3nc(-c4ccncc4)no3)c(=O)oc12. The molecular formula is C17H11N3O4. The Morgan fingerprint density at radius 2 is 1.96 bits per heavy atom. The van der Waals surface area contributed by atoms with E-state index in [-0.39, 0.29) is 11.5 Å². The second-order valence-corrected chi connectivity index (χ2v) is 4.99. The first-order valence-corrected chi connectivity index (χ1v) is 7.11. The fourth-order valence-corrected chi connectivity index (χ4v) is 2.38. The highest BCUT2D eigenvalue weighted by Gasteiger charge is 2.17. The van der Waals surface area contributed by atoms with Gasteiger partial charge in [-0.05, 0) is 24.3 Å². The van der Waals surface area contributed by atoms with E-state index in [9.17, 15) is 4.79 Å². The van der Waals surface area contributed by atoms with Gasteiger partial charge in [0.05, 0.1) is 7.11 Å². The molecule has 7 nitrogen and oxygen atoms in total. The average molecular weight is 321 g/mol. The van der Waals surface area contributed by atoms with Crippen molar-refractivity contribution in [3.63, 3.8) is 0 Å². The van der Waals surface area contributed by atoms with Crippen molar-refractivity contribution in [2.45, 2.75) is 0 Å². The lowest BCUT2D eigenvalue weighted by atomic mass is 10.1. The van der Waals surface area contributed by atoms with Gasteiger partial charge in [0, 0.05) is 23.3 Å². The van der Waals surface area contributed by atoms with E-state index in [1.54, 1.807) is 42.7 Å². The number of nitrogens with zero attached hydrogens (tertiary/aromatic N) is 3. The van der Waals surface area contributed by atoms with Crippen molar-refractivity contribution in [3.05, 3.63) is 59.2 Å². The van der Waals surface area contributed by atoms with Crippen LogP contribution in [0, 0.1) is 0 Å². The molecule has 4 rings (SSSR count). The summed E-state index contributed by atoms with van der Waals surface area (Å²) in [5.74, 6) is 0.956. The van der Waals surface area contributed by atoms with Gasteiger partial charge >= 0.3 is 5.63 Å². The summed E-state index contributed by atoms with van der Waals surface area (Å²) in [7, 11) is 1.52. The van der Waals surface area contributed by atoms with E-state index in [1.165, 1.54) is 7.11 Å². The van der Waals surface area contributed by atoms with Gasteiger partial charge in [-0.15, -0.1) is 0 Å². The van der Waals surface area contributed by atoms with Crippen LogP contribution < -0.4 is 10.4 Å². The summed E-state index contributed by atoms with van der Waals surface area (Å²) in [6.07, 6.45) is 3.25. The summed E-state index contributed by atoms with van der Waals surface area (Å²) in [4.78, 5) is 20.5. The number of ether oxygens (including phenoxy) is 1. The minimum atomic E-state index is -0.572. The summed E-state index contributed by atoms with van der Waals surface area (Å²) in [6.45, 7) is 0. The second-order valence-electron chi connectivity index (χ2n) is 4.99. The van der Waals surface area contributed by atoms with Gasteiger partial charge in [0.1, 0.15) is 5.56 Å². The maximum Gasteiger partial charge on any atom is 0.349 e. The summed E-state index contributed by atoms with van der Waals surface area (Å²) in [5.41, 5.74) is 0.745. The van der Waals surface area contributed by atoms with Crippen LogP contribution in [0.3, 0.4) is 0 Å². The van der Waals surface area contributed by atoms with Gasteiger partial charge in [-0.1, -0.05) is 17.3 Å². The Bertz CT molecular complexity index is 1070. The van der Waals surface area contributed by atoms with E-state index < -0.39 is 5.63 Å². The predicted octanol–water partition coefficient (Wildman–Crippen LogP) is 2.91. The number of rotatable bonds is 3. The Balaban J connectivity index is 1.84. The molecule has 0 unspecified atom stereocenters. The van der Waals surface area contributed by atoms with E-state index in [0.29, 0.717) is 22.5 Å². The minimum Gasteiger partial charge on any atom is -0.493 e. The Labute approximate surface area is 135 Å². The molecule has 0 saturated carbocycles. The zero-order chi connectivity index (χ0) is 16.5. The maximum atomic E-state index is 12.3. The van der Waals surface area contributed by atoms with Crippen LogP contribution in [0.5, 0.6) is 5.75 Å². The Hall–Kier alpha value is -3.48. The predicted molar refractivity (Wildman–Crippen MR) is 85.6 cm³/mol. The lowest BCUT2D eigenvalue weighted by Gasteiger charge is -2.03. The van der Waals surface area contributed by atoms with Crippen LogP contribution in [0.25, 0.3) is 33.8 Å². The molecule has 24 heavy (non-hydrogen) atoms. The number of methoxy groups -OCH3 is 1. The van der Waals surface area contributed by atoms with Crippen molar-refractivity contribution in [3.8, 4) is 28.6 Å². The number of fused-ring (bicyclic) bond motifs is 1. The van der Waals surface area contributed by atoms with Gasteiger partial charge < -0.3 is 13.7 Å². The van der Waals surface area contributed by atoms with Crippen LogP contribution in [0.2, 0.25) is 0 Å². The summed E-state index contributed by atoms with van der Waals surface area (Å²) in [5, 5.41) is 4.60. The molecule has 7 heteroatoms. The molecule has 0 fully saturated rings. The molecule has 3 heterocycles. The van der Waals surface area contributed by atoms with E-state index in [0.717, 1.165) is 5.56 Å². The quantitative estimate of drug-likeness (QED) is 0.536.